The molecule has 0 rings (SSSR count). The van der Waals surface area contributed by atoms with Crippen LogP contribution < -0.4 is 0 Å². The summed E-state index contributed by atoms with van der Waals surface area (Å²) in [6.07, 6.45) is 0. The number of carbonyl (C=O) groups excluding carboxylic acids is 2. The van der Waals surface area contributed by atoms with Crippen molar-refractivity contribution in [2.24, 2.45) is 0 Å². The first-order chi connectivity index (χ1) is 8.10. The molecule has 0 aliphatic carbocycles. The summed E-state index contributed by atoms with van der Waals surface area (Å²) in [6.45, 7) is 2.97. The second-order valence-corrected chi connectivity index (χ2v) is 5.31. The number of hydrogen-bond acceptors (Lipinski definition) is 7. The van der Waals surface area contributed by atoms with Gasteiger partial charge in [0, 0.05) is 21.0 Å². The van der Waals surface area contributed by atoms with Gasteiger partial charge in [-0.2, -0.15) is 0 Å². The van der Waals surface area contributed by atoms with E-state index in [1.54, 1.807) is 0 Å². The molecule has 0 aromatic rings. The standard InChI is InChI=1S/C9H17O8P/c1-7(10)15-5-9(3,17-8(2)11)6-16-18(12,13)14-4/h5-6H2,1-4H3,(H,12,13). The lowest BCUT2D eigenvalue weighted by molar-refractivity contribution is -0.172. The fourth-order valence-electron chi connectivity index (χ4n) is 0.973. The zero-order valence-electron chi connectivity index (χ0n) is 10.7. The van der Waals surface area contributed by atoms with Gasteiger partial charge in [0.2, 0.25) is 0 Å². The SMILES string of the molecule is COP(=O)(O)OCC(C)(COC(C)=O)OC(C)=O. The highest BCUT2D eigenvalue weighted by molar-refractivity contribution is 7.47. The topological polar surface area (TPSA) is 108 Å². The molecule has 0 fully saturated rings. The molecule has 2 unspecified atom stereocenters. The average Bonchev–Trinajstić information content (AvgIpc) is 2.23. The Labute approximate surface area is 105 Å². The lowest BCUT2D eigenvalue weighted by atomic mass is 10.1. The lowest BCUT2D eigenvalue weighted by Gasteiger charge is -2.28. The smallest absolute Gasteiger partial charge is 0.462 e. The van der Waals surface area contributed by atoms with Crippen molar-refractivity contribution in [2.45, 2.75) is 26.4 Å². The highest BCUT2D eigenvalue weighted by atomic mass is 31.2. The molecule has 9 heteroatoms. The fourth-order valence-corrected chi connectivity index (χ4v) is 1.51. The predicted octanol–water partition coefficient (Wildman–Crippen LogP) is 0.635. The Morgan fingerprint density at radius 2 is 1.78 bits per heavy atom. The van der Waals surface area contributed by atoms with E-state index in [9.17, 15) is 14.2 Å². The van der Waals surface area contributed by atoms with Crippen molar-refractivity contribution in [1.82, 2.24) is 0 Å². The van der Waals surface area contributed by atoms with E-state index in [-0.39, 0.29) is 6.61 Å². The Hall–Kier alpha value is -0.950. The Bertz CT molecular complexity index is 354. The van der Waals surface area contributed by atoms with Crippen molar-refractivity contribution in [3.63, 3.8) is 0 Å². The molecule has 0 aromatic heterocycles. The highest BCUT2D eigenvalue weighted by Gasteiger charge is 2.34. The van der Waals surface area contributed by atoms with Gasteiger partial charge >= 0.3 is 19.8 Å². The van der Waals surface area contributed by atoms with Crippen LogP contribution in [0.2, 0.25) is 0 Å². The molecule has 0 aliphatic heterocycles. The van der Waals surface area contributed by atoms with Crippen LogP contribution in [0.25, 0.3) is 0 Å². The summed E-state index contributed by atoms with van der Waals surface area (Å²) in [7, 11) is -3.20. The third-order valence-electron chi connectivity index (χ3n) is 1.73. The number of rotatable bonds is 7. The number of carbonyl (C=O) groups is 2. The minimum Gasteiger partial charge on any atom is -0.462 e. The second-order valence-electron chi connectivity index (χ2n) is 3.75. The van der Waals surface area contributed by atoms with Crippen molar-refractivity contribution in [2.75, 3.05) is 20.3 Å². The summed E-state index contributed by atoms with van der Waals surface area (Å²) in [5.74, 6) is -1.22. The monoisotopic (exact) mass is 284 g/mol. The van der Waals surface area contributed by atoms with Crippen LogP contribution in [-0.4, -0.2) is 42.8 Å². The Kier molecular flexibility index (Phi) is 6.48. The molecular weight excluding hydrogens is 267 g/mol. The van der Waals surface area contributed by atoms with Gasteiger partial charge in [0.1, 0.15) is 13.2 Å². The molecule has 0 bridgehead atoms. The number of hydrogen-bond donors (Lipinski definition) is 1. The first-order valence-corrected chi connectivity index (χ1v) is 6.46. The summed E-state index contributed by atoms with van der Waals surface area (Å²) >= 11 is 0. The molecule has 0 aliphatic rings. The van der Waals surface area contributed by atoms with Crippen LogP contribution >= 0.6 is 7.82 Å². The van der Waals surface area contributed by atoms with Gasteiger partial charge in [-0.05, 0) is 6.92 Å². The van der Waals surface area contributed by atoms with Gasteiger partial charge in [-0.3, -0.25) is 18.6 Å². The Balaban J connectivity index is 4.60. The van der Waals surface area contributed by atoms with E-state index < -0.39 is 32.0 Å². The van der Waals surface area contributed by atoms with Gasteiger partial charge in [0.25, 0.3) is 0 Å². The summed E-state index contributed by atoms with van der Waals surface area (Å²) in [6, 6.07) is 0. The third-order valence-corrected chi connectivity index (χ3v) is 2.65. The molecule has 0 saturated carbocycles. The molecule has 0 heterocycles. The molecular formula is C9H17O8P. The summed E-state index contributed by atoms with van der Waals surface area (Å²) < 4.78 is 29.5. The molecule has 0 saturated heterocycles. The Morgan fingerprint density at radius 3 is 2.17 bits per heavy atom. The van der Waals surface area contributed by atoms with Gasteiger partial charge in [-0.1, -0.05) is 0 Å². The van der Waals surface area contributed by atoms with Crippen LogP contribution in [0.15, 0.2) is 0 Å². The normalized spacial score (nSPS) is 17.4. The van der Waals surface area contributed by atoms with E-state index in [2.05, 4.69) is 9.05 Å². The minimum atomic E-state index is -4.19. The summed E-state index contributed by atoms with van der Waals surface area (Å²) in [4.78, 5) is 30.7. The fraction of sp³-hybridized carbons (Fsp3) is 0.778. The van der Waals surface area contributed by atoms with Crippen molar-refractivity contribution < 1.29 is 37.6 Å². The van der Waals surface area contributed by atoms with E-state index in [1.165, 1.54) is 13.8 Å². The van der Waals surface area contributed by atoms with E-state index in [0.29, 0.717) is 0 Å². The Morgan fingerprint density at radius 1 is 1.22 bits per heavy atom. The maximum absolute atomic E-state index is 11.1. The number of ether oxygens (including phenoxy) is 2. The maximum atomic E-state index is 11.1. The van der Waals surface area contributed by atoms with E-state index in [4.69, 9.17) is 14.4 Å². The van der Waals surface area contributed by atoms with Gasteiger partial charge in [0.15, 0.2) is 5.60 Å². The zero-order valence-corrected chi connectivity index (χ0v) is 11.6. The van der Waals surface area contributed by atoms with Gasteiger partial charge in [-0.15, -0.1) is 0 Å². The first kappa shape index (κ1) is 17.1. The largest absolute Gasteiger partial charge is 0.472 e. The van der Waals surface area contributed by atoms with Crippen molar-refractivity contribution in [1.29, 1.82) is 0 Å². The van der Waals surface area contributed by atoms with Crippen LogP contribution in [-0.2, 0) is 32.7 Å². The minimum absolute atomic E-state index is 0.300. The van der Waals surface area contributed by atoms with Crippen LogP contribution in [0.4, 0.5) is 0 Å². The number of phosphoric acid groups is 1. The lowest BCUT2D eigenvalue weighted by Crippen LogP contribution is -2.41. The molecule has 0 aromatic carbocycles. The maximum Gasteiger partial charge on any atom is 0.472 e. The van der Waals surface area contributed by atoms with Gasteiger partial charge in [-0.25, -0.2) is 4.57 Å². The predicted molar refractivity (Wildman–Crippen MR) is 59.6 cm³/mol. The van der Waals surface area contributed by atoms with Crippen LogP contribution in [0.3, 0.4) is 0 Å². The van der Waals surface area contributed by atoms with Crippen molar-refractivity contribution in [3.8, 4) is 0 Å². The summed E-state index contributed by atoms with van der Waals surface area (Å²) in [5, 5.41) is 0. The molecule has 18 heavy (non-hydrogen) atoms. The van der Waals surface area contributed by atoms with Gasteiger partial charge in [0.05, 0.1) is 0 Å². The molecule has 0 radical (unpaired) electrons. The first-order valence-electron chi connectivity index (χ1n) is 4.96. The molecule has 1 N–H and O–H groups in total. The average molecular weight is 284 g/mol. The van der Waals surface area contributed by atoms with E-state index >= 15 is 0 Å². The molecule has 8 nitrogen and oxygen atoms in total. The number of esters is 2. The molecule has 2 atom stereocenters. The zero-order chi connectivity index (χ0) is 14.4. The van der Waals surface area contributed by atoms with Crippen molar-refractivity contribution in [3.05, 3.63) is 0 Å². The third kappa shape index (κ3) is 7.39. The van der Waals surface area contributed by atoms with Crippen LogP contribution in [0.1, 0.15) is 20.8 Å². The quantitative estimate of drug-likeness (QED) is 0.535. The summed E-state index contributed by atoms with van der Waals surface area (Å²) in [5.41, 5.74) is -1.37. The molecule has 0 spiro atoms. The molecule has 106 valence electrons. The van der Waals surface area contributed by atoms with Crippen LogP contribution in [0, 0.1) is 0 Å². The second kappa shape index (κ2) is 6.84. The van der Waals surface area contributed by atoms with E-state index in [0.717, 1.165) is 14.0 Å². The number of phosphoric ester groups is 1. The molecule has 0 amide bonds. The van der Waals surface area contributed by atoms with Gasteiger partial charge < -0.3 is 14.4 Å². The van der Waals surface area contributed by atoms with E-state index in [1.807, 2.05) is 0 Å². The van der Waals surface area contributed by atoms with Crippen LogP contribution in [0.5, 0.6) is 0 Å². The highest BCUT2D eigenvalue weighted by Crippen LogP contribution is 2.42. The van der Waals surface area contributed by atoms with Crippen molar-refractivity contribution >= 4 is 19.8 Å².